The van der Waals surface area contributed by atoms with E-state index in [-0.39, 0.29) is 12.0 Å². The highest BCUT2D eigenvalue weighted by Gasteiger charge is 2.32. The number of hydrogen-bond donors (Lipinski definition) is 1. The zero-order valence-corrected chi connectivity index (χ0v) is 11.8. The molecule has 100 valence electrons. The van der Waals surface area contributed by atoms with Crippen LogP contribution in [0.5, 0.6) is 0 Å². The summed E-state index contributed by atoms with van der Waals surface area (Å²) in [6, 6.07) is 0.603. The Balaban J connectivity index is 2.61. The van der Waals surface area contributed by atoms with E-state index in [1.54, 1.807) is 0 Å². The first kappa shape index (κ1) is 14.5. The minimum absolute atomic E-state index is 0.207. The first-order valence-corrected chi connectivity index (χ1v) is 7.03. The fourth-order valence-corrected chi connectivity index (χ4v) is 2.74. The summed E-state index contributed by atoms with van der Waals surface area (Å²) >= 11 is 0. The Morgan fingerprint density at radius 3 is 2.53 bits per heavy atom. The van der Waals surface area contributed by atoms with Crippen molar-refractivity contribution in [3.63, 3.8) is 0 Å². The fourth-order valence-electron chi connectivity index (χ4n) is 2.74. The lowest BCUT2D eigenvalue weighted by Crippen LogP contribution is -2.45. The van der Waals surface area contributed by atoms with Gasteiger partial charge in [0.1, 0.15) is 0 Å². The maximum absolute atomic E-state index is 12.5. The predicted molar refractivity (Wildman–Crippen MR) is 71.6 cm³/mol. The van der Waals surface area contributed by atoms with Crippen molar-refractivity contribution in [2.24, 2.45) is 17.6 Å². The summed E-state index contributed by atoms with van der Waals surface area (Å²) in [5, 5.41) is 0. The first-order valence-electron chi connectivity index (χ1n) is 7.03. The zero-order chi connectivity index (χ0) is 13.0. The Hall–Kier alpha value is -0.570. The van der Waals surface area contributed by atoms with Gasteiger partial charge >= 0.3 is 0 Å². The molecule has 3 nitrogen and oxygen atoms in total. The molecule has 0 heterocycles. The van der Waals surface area contributed by atoms with E-state index in [4.69, 9.17) is 5.73 Å². The number of hydrogen-bond acceptors (Lipinski definition) is 2. The third-order valence-electron chi connectivity index (χ3n) is 3.96. The SMILES string of the molecule is CCCN(C(=O)C1CCC(N)C(C)C1)C(C)C. The van der Waals surface area contributed by atoms with Gasteiger partial charge in [-0.25, -0.2) is 0 Å². The van der Waals surface area contributed by atoms with Crippen LogP contribution in [0.1, 0.15) is 53.4 Å². The summed E-state index contributed by atoms with van der Waals surface area (Å²) in [6.07, 6.45) is 3.96. The molecule has 2 N–H and O–H groups in total. The molecular weight excluding hydrogens is 212 g/mol. The van der Waals surface area contributed by atoms with Gasteiger partial charge < -0.3 is 10.6 Å². The van der Waals surface area contributed by atoms with Gasteiger partial charge in [-0.05, 0) is 45.4 Å². The molecule has 1 rings (SSSR count). The number of nitrogens with zero attached hydrogens (tertiary/aromatic N) is 1. The Morgan fingerprint density at radius 1 is 1.41 bits per heavy atom. The number of amides is 1. The second kappa shape index (κ2) is 6.39. The van der Waals surface area contributed by atoms with Crippen molar-refractivity contribution < 1.29 is 4.79 Å². The lowest BCUT2D eigenvalue weighted by molar-refractivity contribution is -0.139. The van der Waals surface area contributed by atoms with Crippen LogP contribution in [0.15, 0.2) is 0 Å². The summed E-state index contributed by atoms with van der Waals surface area (Å²) < 4.78 is 0. The van der Waals surface area contributed by atoms with E-state index in [0.29, 0.717) is 17.9 Å². The van der Waals surface area contributed by atoms with Crippen molar-refractivity contribution in [3.8, 4) is 0 Å². The van der Waals surface area contributed by atoms with Crippen LogP contribution in [0.4, 0.5) is 0 Å². The molecule has 17 heavy (non-hydrogen) atoms. The van der Waals surface area contributed by atoms with Crippen LogP contribution in [0.2, 0.25) is 0 Å². The molecule has 0 aromatic rings. The number of rotatable bonds is 4. The van der Waals surface area contributed by atoms with Gasteiger partial charge in [0.15, 0.2) is 0 Å². The molecule has 0 radical (unpaired) electrons. The lowest BCUT2D eigenvalue weighted by Gasteiger charge is -2.36. The summed E-state index contributed by atoms with van der Waals surface area (Å²) in [7, 11) is 0. The van der Waals surface area contributed by atoms with E-state index in [1.165, 1.54) is 0 Å². The van der Waals surface area contributed by atoms with Crippen molar-refractivity contribution in [1.82, 2.24) is 4.90 Å². The molecule has 0 saturated heterocycles. The van der Waals surface area contributed by atoms with Crippen LogP contribution in [-0.2, 0) is 4.79 Å². The van der Waals surface area contributed by atoms with Crippen molar-refractivity contribution in [2.45, 2.75) is 65.5 Å². The molecule has 0 spiro atoms. The van der Waals surface area contributed by atoms with Gasteiger partial charge in [0.2, 0.25) is 5.91 Å². The van der Waals surface area contributed by atoms with Crippen LogP contribution in [0.25, 0.3) is 0 Å². The average molecular weight is 240 g/mol. The van der Waals surface area contributed by atoms with E-state index in [0.717, 1.165) is 32.2 Å². The highest BCUT2D eigenvalue weighted by Crippen LogP contribution is 2.29. The Morgan fingerprint density at radius 2 is 2.06 bits per heavy atom. The van der Waals surface area contributed by atoms with E-state index in [2.05, 4.69) is 27.7 Å². The second-order valence-corrected chi connectivity index (χ2v) is 5.78. The lowest BCUT2D eigenvalue weighted by atomic mass is 9.78. The molecule has 3 unspecified atom stereocenters. The van der Waals surface area contributed by atoms with Gasteiger partial charge in [-0.15, -0.1) is 0 Å². The average Bonchev–Trinajstić information content (AvgIpc) is 2.28. The standard InChI is InChI=1S/C14H28N2O/c1-5-8-16(10(2)3)14(17)12-6-7-13(15)11(4)9-12/h10-13H,5-9,15H2,1-4H3. The van der Waals surface area contributed by atoms with Crippen molar-refractivity contribution in [2.75, 3.05) is 6.54 Å². The summed E-state index contributed by atoms with van der Waals surface area (Å²) in [5.74, 6) is 1.03. The Kier molecular flexibility index (Phi) is 5.44. The molecule has 0 aromatic carbocycles. The van der Waals surface area contributed by atoms with E-state index >= 15 is 0 Å². The number of nitrogens with two attached hydrogens (primary N) is 1. The topological polar surface area (TPSA) is 46.3 Å². The van der Waals surface area contributed by atoms with E-state index < -0.39 is 0 Å². The van der Waals surface area contributed by atoms with E-state index in [1.807, 2.05) is 4.90 Å². The van der Waals surface area contributed by atoms with Crippen LogP contribution in [0.3, 0.4) is 0 Å². The highest BCUT2D eigenvalue weighted by molar-refractivity contribution is 5.79. The molecule has 1 amide bonds. The van der Waals surface area contributed by atoms with Crippen molar-refractivity contribution in [3.05, 3.63) is 0 Å². The highest BCUT2D eigenvalue weighted by atomic mass is 16.2. The second-order valence-electron chi connectivity index (χ2n) is 5.78. The Bertz CT molecular complexity index is 253. The first-order chi connectivity index (χ1) is 7.97. The summed E-state index contributed by atoms with van der Waals surface area (Å²) in [4.78, 5) is 14.5. The monoisotopic (exact) mass is 240 g/mol. The van der Waals surface area contributed by atoms with Gasteiger partial charge in [-0.2, -0.15) is 0 Å². The molecule has 3 atom stereocenters. The fraction of sp³-hybridized carbons (Fsp3) is 0.929. The van der Waals surface area contributed by atoms with Gasteiger partial charge in [-0.3, -0.25) is 4.79 Å². The van der Waals surface area contributed by atoms with Crippen LogP contribution in [0, 0.1) is 11.8 Å². The van der Waals surface area contributed by atoms with Gasteiger partial charge in [0, 0.05) is 24.5 Å². The quantitative estimate of drug-likeness (QED) is 0.820. The molecule has 1 aliphatic carbocycles. The minimum atomic E-state index is 0.207. The third-order valence-corrected chi connectivity index (χ3v) is 3.96. The third kappa shape index (κ3) is 3.70. The Labute approximate surface area is 106 Å². The molecule has 1 aliphatic rings. The minimum Gasteiger partial charge on any atom is -0.340 e. The predicted octanol–water partition coefficient (Wildman–Crippen LogP) is 2.40. The molecule has 0 aliphatic heterocycles. The molecule has 0 bridgehead atoms. The molecule has 0 aromatic heterocycles. The molecule has 1 saturated carbocycles. The van der Waals surface area contributed by atoms with Crippen molar-refractivity contribution in [1.29, 1.82) is 0 Å². The smallest absolute Gasteiger partial charge is 0.225 e. The van der Waals surface area contributed by atoms with Crippen molar-refractivity contribution >= 4 is 5.91 Å². The van der Waals surface area contributed by atoms with Crippen LogP contribution < -0.4 is 5.73 Å². The largest absolute Gasteiger partial charge is 0.340 e. The summed E-state index contributed by atoms with van der Waals surface area (Å²) in [6.45, 7) is 9.39. The maximum atomic E-state index is 12.5. The van der Waals surface area contributed by atoms with Crippen LogP contribution >= 0.6 is 0 Å². The van der Waals surface area contributed by atoms with Gasteiger partial charge in [0.25, 0.3) is 0 Å². The van der Waals surface area contributed by atoms with Gasteiger partial charge in [0.05, 0.1) is 0 Å². The number of carbonyl (C=O) groups is 1. The number of carbonyl (C=O) groups excluding carboxylic acids is 1. The summed E-state index contributed by atoms with van der Waals surface area (Å²) in [5.41, 5.74) is 6.01. The van der Waals surface area contributed by atoms with Gasteiger partial charge in [-0.1, -0.05) is 13.8 Å². The zero-order valence-electron chi connectivity index (χ0n) is 11.8. The maximum Gasteiger partial charge on any atom is 0.225 e. The van der Waals surface area contributed by atoms with E-state index in [9.17, 15) is 4.79 Å². The van der Waals surface area contributed by atoms with Crippen LogP contribution in [-0.4, -0.2) is 29.4 Å². The molecule has 3 heteroatoms. The molecule has 1 fully saturated rings. The molecular formula is C14H28N2O. The normalized spacial score (nSPS) is 29.4.